The maximum absolute atomic E-state index is 12.3. The largest absolute Gasteiger partial charge is 0.416 e. The Morgan fingerprint density at radius 2 is 1.82 bits per heavy atom. The predicted octanol–water partition coefficient (Wildman–Crippen LogP) is 2.37. The molecule has 0 saturated heterocycles. The zero-order valence-corrected chi connectivity index (χ0v) is 12.2. The Balaban J connectivity index is 0.00000256. The van der Waals surface area contributed by atoms with Crippen LogP contribution in [0.3, 0.4) is 0 Å². The van der Waals surface area contributed by atoms with Gasteiger partial charge in [0.1, 0.15) is 5.75 Å². The van der Waals surface area contributed by atoms with Crippen molar-refractivity contribution in [1.82, 2.24) is 0 Å². The van der Waals surface area contributed by atoms with Gasteiger partial charge in [0.2, 0.25) is 0 Å². The molecule has 1 rings (SSSR count). The van der Waals surface area contributed by atoms with Crippen LogP contribution in [0.2, 0.25) is 5.02 Å². The minimum absolute atomic E-state index is 0. The van der Waals surface area contributed by atoms with Gasteiger partial charge in [-0.3, -0.25) is 4.55 Å². The summed E-state index contributed by atoms with van der Waals surface area (Å²) in [6, 6.07) is 2.26. The van der Waals surface area contributed by atoms with Crippen molar-refractivity contribution in [2.45, 2.75) is 11.9 Å². The van der Waals surface area contributed by atoms with Crippen LogP contribution in [-0.4, -0.2) is 42.5 Å². The van der Waals surface area contributed by atoms with Crippen molar-refractivity contribution >= 4 is 51.3 Å². The zero-order chi connectivity index (χ0) is 12.6. The Morgan fingerprint density at radius 3 is 2.24 bits per heavy atom. The summed E-state index contributed by atoms with van der Waals surface area (Å²) in [4.78, 5) is 0. The third kappa shape index (κ3) is 5.58. The van der Waals surface area contributed by atoms with Gasteiger partial charge in [0.05, 0.1) is 5.56 Å². The molecule has 0 atom stereocenters. The predicted molar refractivity (Wildman–Crippen MR) is 57.5 cm³/mol. The molecule has 0 fully saturated rings. The molecule has 1 aromatic rings. The van der Waals surface area contributed by atoms with Gasteiger partial charge in [0.15, 0.2) is 0 Å². The van der Waals surface area contributed by atoms with E-state index in [9.17, 15) is 21.6 Å². The Kier molecular flexibility index (Phi) is 5.97. The molecule has 0 aromatic heterocycles. The molecule has 0 aliphatic heterocycles. The van der Waals surface area contributed by atoms with E-state index < -0.39 is 27.6 Å². The van der Waals surface area contributed by atoms with Gasteiger partial charge in [-0.1, -0.05) is 11.6 Å². The van der Waals surface area contributed by atoms with Crippen molar-refractivity contribution in [2.24, 2.45) is 0 Å². The second-order valence-corrected chi connectivity index (χ2v) is 4.89. The average Bonchev–Trinajstić information content (AvgIpc) is 2.04. The van der Waals surface area contributed by atoms with Gasteiger partial charge in [0.25, 0.3) is 10.1 Å². The van der Waals surface area contributed by atoms with Crippen LogP contribution in [-0.2, 0) is 22.0 Å². The molecule has 0 aliphatic rings. The number of alkyl halides is 3. The van der Waals surface area contributed by atoms with E-state index in [1.54, 1.807) is 0 Å². The van der Waals surface area contributed by atoms with Crippen LogP contribution < -0.4 is 0 Å². The van der Waals surface area contributed by atoms with Crippen molar-refractivity contribution in [1.29, 1.82) is 0 Å². The van der Waals surface area contributed by atoms with E-state index in [2.05, 4.69) is 0 Å². The van der Waals surface area contributed by atoms with Gasteiger partial charge in [-0.25, -0.2) is 0 Å². The summed E-state index contributed by atoms with van der Waals surface area (Å²) in [5.41, 5.74) is -1.31. The van der Waals surface area contributed by atoms with Crippen molar-refractivity contribution in [2.75, 3.05) is 0 Å². The molecule has 0 heterocycles. The van der Waals surface area contributed by atoms with E-state index in [1.807, 2.05) is 0 Å². The molecule has 9 heteroatoms. The molecule has 17 heavy (non-hydrogen) atoms. The third-order valence-electron chi connectivity index (χ3n) is 1.71. The number of hydrogen-bond donors (Lipinski definition) is 1. The third-order valence-corrected chi connectivity index (χ3v) is 2.76. The van der Waals surface area contributed by atoms with Crippen molar-refractivity contribution in [3.63, 3.8) is 0 Å². The molecule has 0 amide bonds. The first-order valence-electron chi connectivity index (χ1n) is 3.90. The van der Waals surface area contributed by atoms with Gasteiger partial charge in [-0.2, -0.15) is 21.6 Å². The van der Waals surface area contributed by atoms with E-state index in [0.29, 0.717) is 6.07 Å². The van der Waals surface area contributed by atoms with E-state index >= 15 is 0 Å². The Morgan fingerprint density at radius 1 is 1.29 bits per heavy atom. The minimum Gasteiger partial charge on any atom is -0.285 e. The second-order valence-electron chi connectivity index (χ2n) is 3.03. The Hall–Kier alpha value is 0.210. The second kappa shape index (κ2) is 5.90. The number of halogens is 4. The average molecular weight is 298 g/mol. The summed E-state index contributed by atoms with van der Waals surface area (Å²) in [5.74, 6) is -0.949. The van der Waals surface area contributed by atoms with Crippen molar-refractivity contribution in [3.05, 3.63) is 34.3 Å². The molecule has 1 aromatic carbocycles. The van der Waals surface area contributed by atoms with E-state index in [-0.39, 0.29) is 40.1 Å². The summed E-state index contributed by atoms with van der Waals surface area (Å²) < 4.78 is 66.4. The summed E-state index contributed by atoms with van der Waals surface area (Å²) >= 11 is 5.51. The fourth-order valence-electron chi connectivity index (χ4n) is 1.06. The normalized spacial score (nSPS) is 12.1. The molecule has 0 spiro atoms. The topological polar surface area (TPSA) is 54.4 Å². The molecule has 0 saturated carbocycles. The number of benzene rings is 1. The standard InChI is InChI=1S/C8H6ClF3O3S.Na/c9-7-2-1-6(8(10,11)12)3-5(7)4-16(13,14)15;/h1-3H,4H2,(H,13,14,15);. The van der Waals surface area contributed by atoms with Crippen LogP contribution in [0.4, 0.5) is 13.2 Å². The first kappa shape index (κ1) is 17.2. The summed E-state index contributed by atoms with van der Waals surface area (Å²) in [6.45, 7) is 0. The molecular formula is C8H6ClF3NaO3S. The van der Waals surface area contributed by atoms with Crippen LogP contribution in [0.1, 0.15) is 11.1 Å². The SMILES string of the molecule is O=S(=O)(O)Cc1cc(C(F)(F)F)ccc1Cl.[Na]. The van der Waals surface area contributed by atoms with Crippen LogP contribution in [0.15, 0.2) is 18.2 Å². The molecule has 1 radical (unpaired) electrons. The van der Waals surface area contributed by atoms with Gasteiger partial charge in [-0.05, 0) is 23.8 Å². The van der Waals surface area contributed by atoms with Crippen LogP contribution in [0.5, 0.6) is 0 Å². The fourth-order valence-corrected chi connectivity index (χ4v) is 1.95. The first-order valence-corrected chi connectivity index (χ1v) is 5.89. The Labute approximate surface area is 123 Å². The minimum atomic E-state index is -4.58. The Bertz CT molecular complexity index is 501. The monoisotopic (exact) mass is 297 g/mol. The quantitative estimate of drug-likeness (QED) is 0.673. The van der Waals surface area contributed by atoms with Crippen LogP contribution in [0, 0.1) is 0 Å². The molecule has 91 valence electrons. The fraction of sp³-hybridized carbons (Fsp3) is 0.250. The molecule has 3 nitrogen and oxygen atoms in total. The van der Waals surface area contributed by atoms with Crippen molar-refractivity contribution < 1.29 is 26.1 Å². The summed E-state index contributed by atoms with van der Waals surface area (Å²) in [7, 11) is -4.41. The van der Waals surface area contributed by atoms with Crippen molar-refractivity contribution in [3.8, 4) is 0 Å². The smallest absolute Gasteiger partial charge is 0.285 e. The molecule has 1 N–H and O–H groups in total. The van der Waals surface area contributed by atoms with E-state index in [1.165, 1.54) is 0 Å². The number of hydrogen-bond acceptors (Lipinski definition) is 2. The van der Waals surface area contributed by atoms with Gasteiger partial charge >= 0.3 is 6.18 Å². The number of rotatable bonds is 2. The molecule has 0 aliphatic carbocycles. The molecule has 0 bridgehead atoms. The van der Waals surface area contributed by atoms with E-state index in [0.717, 1.165) is 12.1 Å². The van der Waals surface area contributed by atoms with Crippen LogP contribution >= 0.6 is 11.6 Å². The van der Waals surface area contributed by atoms with Gasteiger partial charge < -0.3 is 0 Å². The molecule has 0 unspecified atom stereocenters. The maximum Gasteiger partial charge on any atom is 0.416 e. The van der Waals surface area contributed by atoms with Gasteiger partial charge in [-0.15, -0.1) is 0 Å². The molecular weight excluding hydrogens is 292 g/mol. The maximum atomic E-state index is 12.3. The van der Waals surface area contributed by atoms with Crippen LogP contribution in [0.25, 0.3) is 0 Å². The zero-order valence-electron chi connectivity index (χ0n) is 8.62. The summed E-state index contributed by atoms with van der Waals surface area (Å²) in [5, 5.41) is -0.148. The summed E-state index contributed by atoms with van der Waals surface area (Å²) in [6.07, 6.45) is -4.58. The first-order chi connectivity index (χ1) is 7.09. The van der Waals surface area contributed by atoms with E-state index in [4.69, 9.17) is 16.2 Å². The van der Waals surface area contributed by atoms with Gasteiger partial charge in [0, 0.05) is 34.6 Å².